The van der Waals surface area contributed by atoms with Crippen molar-refractivity contribution >= 4 is 11.5 Å². The molecule has 0 bridgehead atoms. The Kier molecular flexibility index (Phi) is 6.46. The van der Waals surface area contributed by atoms with Crippen molar-refractivity contribution in [3.63, 3.8) is 0 Å². The summed E-state index contributed by atoms with van der Waals surface area (Å²) >= 11 is 0. The predicted molar refractivity (Wildman–Crippen MR) is 147 cm³/mol. The Balaban J connectivity index is 1.95. The van der Waals surface area contributed by atoms with Crippen LogP contribution in [-0.4, -0.2) is 20.9 Å². The van der Waals surface area contributed by atoms with Crippen molar-refractivity contribution in [2.24, 2.45) is 0 Å². The lowest BCUT2D eigenvalue weighted by atomic mass is 9.83. The van der Waals surface area contributed by atoms with E-state index in [0.29, 0.717) is 27.8 Å². The number of hydrogen-bond acceptors (Lipinski definition) is 5. The number of para-hydroxylation sites is 1. The Morgan fingerprint density at radius 3 is 1.95 bits per heavy atom. The van der Waals surface area contributed by atoms with E-state index in [1.807, 2.05) is 55.5 Å². The predicted octanol–water partition coefficient (Wildman–Crippen LogP) is 7.55. The maximum atomic E-state index is 14.2. The monoisotopic (exact) mass is 501 g/mol. The van der Waals surface area contributed by atoms with Gasteiger partial charge in [0.05, 0.1) is 4.92 Å². The van der Waals surface area contributed by atoms with Crippen LogP contribution < -0.4 is 0 Å². The van der Waals surface area contributed by atoms with Gasteiger partial charge in [0, 0.05) is 33.9 Å². The molecule has 0 saturated carbocycles. The largest absolute Gasteiger partial charge is 0.507 e. The fourth-order valence-corrected chi connectivity index (χ4v) is 4.68. The second-order valence-corrected chi connectivity index (χ2v) is 8.93. The summed E-state index contributed by atoms with van der Waals surface area (Å²) in [7, 11) is 0. The zero-order chi connectivity index (χ0) is 26.8. The molecule has 0 radical (unpaired) electrons. The third-order valence-corrected chi connectivity index (χ3v) is 6.46. The van der Waals surface area contributed by atoms with Crippen molar-refractivity contribution in [3.05, 3.63) is 136 Å². The molecular formula is C32H23NO5. The molecule has 6 heteroatoms. The Labute approximate surface area is 219 Å². The number of benzene rings is 5. The molecule has 0 spiro atoms. The van der Waals surface area contributed by atoms with E-state index < -0.39 is 10.7 Å². The van der Waals surface area contributed by atoms with E-state index >= 15 is 0 Å². The number of nitrogens with zero attached hydrogens (tertiary/aromatic N) is 1. The molecule has 0 aliphatic heterocycles. The molecule has 2 N–H and O–H groups in total. The van der Waals surface area contributed by atoms with Gasteiger partial charge in [-0.15, -0.1) is 0 Å². The van der Waals surface area contributed by atoms with E-state index in [1.165, 1.54) is 24.3 Å². The van der Waals surface area contributed by atoms with Gasteiger partial charge in [-0.25, -0.2) is 0 Å². The summed E-state index contributed by atoms with van der Waals surface area (Å²) < 4.78 is 0. The molecule has 6 nitrogen and oxygen atoms in total. The van der Waals surface area contributed by atoms with Crippen LogP contribution in [0, 0.1) is 17.0 Å². The van der Waals surface area contributed by atoms with E-state index in [0.717, 1.165) is 5.56 Å². The molecule has 0 heterocycles. The van der Waals surface area contributed by atoms with Gasteiger partial charge in [0.15, 0.2) is 0 Å². The number of aryl methyl sites for hydroxylation is 1. The van der Waals surface area contributed by atoms with Crippen LogP contribution in [0.2, 0.25) is 0 Å². The quantitative estimate of drug-likeness (QED) is 0.142. The Hall–Kier alpha value is -5.23. The summed E-state index contributed by atoms with van der Waals surface area (Å²) in [5.41, 5.74) is 3.18. The molecule has 0 amide bonds. The van der Waals surface area contributed by atoms with Crippen LogP contribution in [0.5, 0.6) is 11.5 Å². The van der Waals surface area contributed by atoms with Crippen LogP contribution in [0.4, 0.5) is 5.69 Å². The summed E-state index contributed by atoms with van der Waals surface area (Å²) in [4.78, 5) is 25.4. The molecule has 0 aliphatic rings. The first kappa shape index (κ1) is 24.5. The van der Waals surface area contributed by atoms with Gasteiger partial charge in [-0.3, -0.25) is 14.9 Å². The topological polar surface area (TPSA) is 101 Å². The Morgan fingerprint density at radius 1 is 0.684 bits per heavy atom. The van der Waals surface area contributed by atoms with Crippen molar-refractivity contribution in [1.82, 2.24) is 0 Å². The smallest absolute Gasteiger partial charge is 0.280 e. The lowest BCUT2D eigenvalue weighted by Gasteiger charge is -2.21. The van der Waals surface area contributed by atoms with Gasteiger partial charge in [0.25, 0.3) is 5.69 Å². The fraction of sp³-hybridized carbons (Fsp3) is 0.0312. The lowest BCUT2D eigenvalue weighted by molar-refractivity contribution is -0.385. The number of hydrogen-bond donors (Lipinski definition) is 2. The van der Waals surface area contributed by atoms with E-state index in [2.05, 4.69) is 0 Å². The lowest BCUT2D eigenvalue weighted by Crippen LogP contribution is -2.09. The number of carbonyl (C=O) groups excluding carboxylic acids is 1. The highest BCUT2D eigenvalue weighted by molar-refractivity contribution is 6.18. The van der Waals surface area contributed by atoms with Gasteiger partial charge in [0.1, 0.15) is 17.1 Å². The van der Waals surface area contributed by atoms with Gasteiger partial charge in [-0.1, -0.05) is 84.4 Å². The van der Waals surface area contributed by atoms with Crippen molar-refractivity contribution in [2.45, 2.75) is 6.92 Å². The highest BCUT2D eigenvalue weighted by Gasteiger charge is 2.29. The number of rotatable bonds is 6. The first-order valence-electron chi connectivity index (χ1n) is 12.0. The maximum Gasteiger partial charge on any atom is 0.280 e. The van der Waals surface area contributed by atoms with E-state index in [9.17, 15) is 25.1 Å². The van der Waals surface area contributed by atoms with Crippen LogP contribution in [0.15, 0.2) is 109 Å². The van der Waals surface area contributed by atoms with Crippen LogP contribution in [0.3, 0.4) is 0 Å². The molecule has 0 unspecified atom stereocenters. The van der Waals surface area contributed by atoms with Gasteiger partial charge in [-0.2, -0.15) is 0 Å². The molecule has 0 fully saturated rings. The fourth-order valence-electron chi connectivity index (χ4n) is 4.68. The zero-order valence-corrected chi connectivity index (χ0v) is 20.5. The molecule has 5 aromatic carbocycles. The average molecular weight is 502 g/mol. The zero-order valence-electron chi connectivity index (χ0n) is 20.5. The molecule has 0 atom stereocenters. The van der Waals surface area contributed by atoms with Gasteiger partial charge in [0.2, 0.25) is 5.78 Å². The highest BCUT2D eigenvalue weighted by Crippen LogP contribution is 2.49. The molecule has 186 valence electrons. The van der Waals surface area contributed by atoms with Crippen LogP contribution >= 0.6 is 0 Å². The van der Waals surface area contributed by atoms with Crippen LogP contribution in [-0.2, 0) is 0 Å². The molecule has 5 aromatic rings. The second-order valence-electron chi connectivity index (χ2n) is 8.93. The molecule has 5 rings (SSSR count). The Morgan fingerprint density at radius 2 is 1.29 bits per heavy atom. The van der Waals surface area contributed by atoms with Gasteiger partial charge >= 0.3 is 0 Å². The minimum Gasteiger partial charge on any atom is -0.507 e. The van der Waals surface area contributed by atoms with E-state index in [1.54, 1.807) is 36.4 Å². The van der Waals surface area contributed by atoms with Crippen molar-refractivity contribution in [1.29, 1.82) is 0 Å². The minimum atomic E-state index is -0.595. The summed E-state index contributed by atoms with van der Waals surface area (Å²) in [6, 6.07) is 30.5. The third kappa shape index (κ3) is 4.40. The second kappa shape index (κ2) is 10.0. The van der Waals surface area contributed by atoms with Crippen molar-refractivity contribution < 1.29 is 19.9 Å². The number of phenolic OH excluding ortho intramolecular Hbond substituents is 2. The van der Waals surface area contributed by atoms with E-state index in [-0.39, 0.29) is 33.9 Å². The minimum absolute atomic E-state index is 0.0718. The summed E-state index contributed by atoms with van der Waals surface area (Å²) in [5.74, 6) is -0.753. The first-order chi connectivity index (χ1) is 18.4. The Bertz CT molecular complexity index is 1680. The maximum absolute atomic E-state index is 14.2. The standard InChI is InChI=1S/C32H23NO5/c1-20-16-17-28(34)25(18-20)30-26(31(35)23-14-8-9-15-27(23)33(37)38)19-24(21-10-4-2-5-11-21)32(36)29(30)22-12-6-3-7-13-22/h2-19,34,36H,1H3. The van der Waals surface area contributed by atoms with E-state index in [4.69, 9.17) is 0 Å². The molecule has 38 heavy (non-hydrogen) atoms. The first-order valence-corrected chi connectivity index (χ1v) is 12.0. The van der Waals surface area contributed by atoms with Crippen molar-refractivity contribution in [2.75, 3.05) is 0 Å². The number of nitro benzene ring substituents is 1. The normalized spacial score (nSPS) is 10.8. The van der Waals surface area contributed by atoms with Crippen molar-refractivity contribution in [3.8, 4) is 44.9 Å². The summed E-state index contributed by atoms with van der Waals surface area (Å²) in [5, 5.41) is 34.5. The number of aromatic hydroxyl groups is 2. The van der Waals surface area contributed by atoms with Crippen LogP contribution in [0.1, 0.15) is 21.5 Å². The number of phenols is 2. The highest BCUT2D eigenvalue weighted by atomic mass is 16.6. The molecule has 0 aliphatic carbocycles. The molecule has 0 aromatic heterocycles. The molecule has 0 saturated heterocycles. The third-order valence-electron chi connectivity index (χ3n) is 6.46. The SMILES string of the molecule is Cc1ccc(O)c(-c2c(C(=O)c3ccccc3[N+](=O)[O-])cc(-c3ccccc3)c(O)c2-c2ccccc2)c1. The molecular weight excluding hydrogens is 478 g/mol. The van der Waals surface area contributed by atoms with Gasteiger partial charge in [-0.05, 0) is 42.3 Å². The van der Waals surface area contributed by atoms with Gasteiger partial charge < -0.3 is 10.2 Å². The summed E-state index contributed by atoms with van der Waals surface area (Å²) in [6.07, 6.45) is 0. The average Bonchev–Trinajstić information content (AvgIpc) is 2.94. The number of carbonyl (C=O) groups is 1. The number of ketones is 1. The summed E-state index contributed by atoms with van der Waals surface area (Å²) in [6.45, 7) is 1.85. The number of nitro groups is 1. The van der Waals surface area contributed by atoms with Crippen LogP contribution in [0.25, 0.3) is 33.4 Å².